The number of benzene rings is 1. The standard InChI is InChI=1S/C27H37NO4/c1-16(2)22-23(17(3)4)25(30)28(24(22)29)13-20-11-21-10-19(20)12-27(21)14-31-26(32-15-27)18-8-6-5-7-9-18/h5-9,16-17,19-23,26H,10-15H2,1-4H3. The molecular weight excluding hydrogens is 402 g/mol. The monoisotopic (exact) mass is 439 g/mol. The van der Waals surface area contributed by atoms with Gasteiger partial charge in [-0.05, 0) is 48.9 Å². The van der Waals surface area contributed by atoms with Crippen LogP contribution in [0.3, 0.4) is 0 Å². The van der Waals surface area contributed by atoms with Crippen molar-refractivity contribution in [2.24, 2.45) is 46.8 Å². The summed E-state index contributed by atoms with van der Waals surface area (Å²) >= 11 is 0. The third-order valence-corrected chi connectivity index (χ3v) is 8.83. The molecule has 1 aromatic carbocycles. The predicted molar refractivity (Wildman–Crippen MR) is 121 cm³/mol. The van der Waals surface area contributed by atoms with E-state index in [4.69, 9.17) is 9.47 Å². The quantitative estimate of drug-likeness (QED) is 0.625. The summed E-state index contributed by atoms with van der Waals surface area (Å²) in [7, 11) is 0. The van der Waals surface area contributed by atoms with Crippen LogP contribution < -0.4 is 0 Å². The molecule has 5 unspecified atom stereocenters. The number of rotatable bonds is 5. The van der Waals surface area contributed by atoms with Crippen molar-refractivity contribution in [3.8, 4) is 0 Å². The van der Waals surface area contributed by atoms with E-state index in [-0.39, 0.29) is 47.2 Å². The fraction of sp³-hybridized carbons (Fsp3) is 0.704. The van der Waals surface area contributed by atoms with Crippen molar-refractivity contribution in [2.45, 2.75) is 53.2 Å². The predicted octanol–water partition coefficient (Wildman–Crippen LogP) is 4.68. The lowest BCUT2D eigenvalue weighted by Crippen LogP contribution is -2.45. The number of hydrogen-bond donors (Lipinski definition) is 0. The van der Waals surface area contributed by atoms with E-state index in [1.54, 1.807) is 4.90 Å². The summed E-state index contributed by atoms with van der Waals surface area (Å²) in [6.45, 7) is 10.4. The van der Waals surface area contributed by atoms with Crippen LogP contribution in [0, 0.1) is 46.8 Å². The first-order valence-electron chi connectivity index (χ1n) is 12.4. The van der Waals surface area contributed by atoms with Gasteiger partial charge in [0.1, 0.15) is 0 Å². The molecule has 4 fully saturated rings. The third-order valence-electron chi connectivity index (χ3n) is 8.83. The molecule has 5 rings (SSSR count). The Hall–Kier alpha value is -1.72. The Morgan fingerprint density at radius 2 is 1.53 bits per heavy atom. The first-order chi connectivity index (χ1) is 15.3. The van der Waals surface area contributed by atoms with E-state index < -0.39 is 0 Å². The van der Waals surface area contributed by atoms with Gasteiger partial charge in [-0.1, -0.05) is 58.0 Å². The molecule has 5 atom stereocenters. The first kappa shape index (κ1) is 22.1. The molecule has 2 bridgehead atoms. The summed E-state index contributed by atoms with van der Waals surface area (Å²) < 4.78 is 12.4. The van der Waals surface area contributed by atoms with Crippen LogP contribution in [-0.4, -0.2) is 36.5 Å². The second-order valence-electron chi connectivity index (χ2n) is 11.4. The molecule has 2 heterocycles. The van der Waals surface area contributed by atoms with Gasteiger partial charge in [-0.2, -0.15) is 0 Å². The van der Waals surface area contributed by atoms with Crippen molar-refractivity contribution < 1.29 is 19.1 Å². The molecule has 0 N–H and O–H groups in total. The van der Waals surface area contributed by atoms with Crippen LogP contribution in [0.15, 0.2) is 30.3 Å². The van der Waals surface area contributed by atoms with Gasteiger partial charge in [-0.3, -0.25) is 14.5 Å². The Morgan fingerprint density at radius 1 is 0.938 bits per heavy atom. The van der Waals surface area contributed by atoms with E-state index >= 15 is 0 Å². The molecule has 0 radical (unpaired) electrons. The Bertz CT molecular complexity index is 832. The smallest absolute Gasteiger partial charge is 0.233 e. The Morgan fingerprint density at radius 3 is 2.03 bits per heavy atom. The van der Waals surface area contributed by atoms with Crippen LogP contribution in [0.2, 0.25) is 0 Å². The Balaban J connectivity index is 1.22. The zero-order valence-corrected chi connectivity index (χ0v) is 19.8. The number of imide groups is 1. The fourth-order valence-corrected chi connectivity index (χ4v) is 7.19. The minimum absolute atomic E-state index is 0.0659. The molecule has 1 aromatic rings. The highest BCUT2D eigenvalue weighted by Crippen LogP contribution is 2.60. The van der Waals surface area contributed by atoms with Crippen molar-refractivity contribution in [2.75, 3.05) is 19.8 Å². The summed E-state index contributed by atoms with van der Waals surface area (Å²) in [6.07, 6.45) is 3.06. The number of fused-ring (bicyclic) bond motifs is 3. The van der Waals surface area contributed by atoms with Gasteiger partial charge >= 0.3 is 0 Å². The number of nitrogens with zero attached hydrogens (tertiary/aromatic N) is 1. The minimum atomic E-state index is -0.266. The Labute approximate surface area is 191 Å². The zero-order chi connectivity index (χ0) is 22.6. The summed E-state index contributed by atoms with van der Waals surface area (Å²) in [5.74, 6) is 1.73. The highest BCUT2D eigenvalue weighted by Gasteiger charge is 2.58. The van der Waals surface area contributed by atoms with Gasteiger partial charge in [-0.15, -0.1) is 0 Å². The number of ether oxygens (including phenoxy) is 2. The maximum absolute atomic E-state index is 13.2. The van der Waals surface area contributed by atoms with E-state index in [1.165, 1.54) is 6.42 Å². The van der Waals surface area contributed by atoms with Gasteiger partial charge in [0, 0.05) is 17.5 Å². The zero-order valence-electron chi connectivity index (χ0n) is 19.8. The molecule has 4 aliphatic rings. The van der Waals surface area contributed by atoms with E-state index in [1.807, 2.05) is 18.2 Å². The van der Waals surface area contributed by atoms with E-state index in [0.717, 1.165) is 31.6 Å². The van der Waals surface area contributed by atoms with Crippen molar-refractivity contribution in [3.05, 3.63) is 35.9 Å². The Kier molecular flexibility index (Phi) is 5.69. The molecule has 2 saturated carbocycles. The average molecular weight is 440 g/mol. The van der Waals surface area contributed by atoms with Crippen LogP contribution in [-0.2, 0) is 19.1 Å². The number of likely N-dealkylation sites (tertiary alicyclic amines) is 1. The number of hydrogen-bond acceptors (Lipinski definition) is 4. The number of carbonyl (C=O) groups is 2. The molecule has 2 saturated heterocycles. The van der Waals surface area contributed by atoms with Gasteiger partial charge in [-0.25, -0.2) is 0 Å². The lowest BCUT2D eigenvalue weighted by molar-refractivity contribution is -0.246. The maximum Gasteiger partial charge on any atom is 0.233 e. The summed E-state index contributed by atoms with van der Waals surface area (Å²) in [5.41, 5.74) is 1.18. The lowest BCUT2D eigenvalue weighted by Gasteiger charge is -2.44. The normalized spacial score (nSPS) is 39.2. The first-order valence-corrected chi connectivity index (χ1v) is 12.4. The van der Waals surface area contributed by atoms with Gasteiger partial charge in [0.15, 0.2) is 6.29 Å². The second kappa shape index (κ2) is 8.25. The SMILES string of the molecule is CC(C)C1C(=O)N(CC2CC3CC2CC32COC(c3ccccc3)OC2)C(=O)C1C(C)C. The van der Waals surface area contributed by atoms with Gasteiger partial charge in [0.2, 0.25) is 11.8 Å². The average Bonchev–Trinajstić information content (AvgIpc) is 3.40. The molecule has 2 amide bonds. The van der Waals surface area contributed by atoms with Gasteiger partial charge in [0.05, 0.1) is 25.0 Å². The van der Waals surface area contributed by atoms with E-state index in [0.29, 0.717) is 24.3 Å². The van der Waals surface area contributed by atoms with Gasteiger partial charge < -0.3 is 9.47 Å². The lowest BCUT2D eigenvalue weighted by atomic mass is 9.70. The van der Waals surface area contributed by atoms with Crippen molar-refractivity contribution in [1.82, 2.24) is 4.90 Å². The van der Waals surface area contributed by atoms with Crippen LogP contribution in [0.25, 0.3) is 0 Å². The van der Waals surface area contributed by atoms with Crippen molar-refractivity contribution in [3.63, 3.8) is 0 Å². The van der Waals surface area contributed by atoms with Crippen LogP contribution in [0.1, 0.15) is 58.8 Å². The topological polar surface area (TPSA) is 55.8 Å². The summed E-state index contributed by atoms with van der Waals surface area (Å²) in [5, 5.41) is 0. The molecule has 5 heteroatoms. The van der Waals surface area contributed by atoms with Crippen LogP contribution in [0.5, 0.6) is 0 Å². The molecule has 1 spiro atoms. The van der Waals surface area contributed by atoms with Gasteiger partial charge in [0.25, 0.3) is 0 Å². The molecule has 2 aliphatic carbocycles. The minimum Gasteiger partial charge on any atom is -0.348 e. The van der Waals surface area contributed by atoms with Crippen molar-refractivity contribution in [1.29, 1.82) is 0 Å². The molecule has 5 nitrogen and oxygen atoms in total. The highest BCUT2D eigenvalue weighted by atomic mass is 16.7. The maximum atomic E-state index is 13.2. The van der Waals surface area contributed by atoms with Crippen molar-refractivity contribution >= 4 is 11.8 Å². The number of carbonyl (C=O) groups excluding carboxylic acids is 2. The van der Waals surface area contributed by atoms with E-state index in [2.05, 4.69) is 39.8 Å². The summed E-state index contributed by atoms with van der Waals surface area (Å²) in [6, 6.07) is 10.1. The molecule has 0 aromatic heterocycles. The molecule has 2 aliphatic heterocycles. The highest BCUT2D eigenvalue weighted by molar-refractivity contribution is 6.05. The third kappa shape index (κ3) is 3.52. The molecule has 32 heavy (non-hydrogen) atoms. The van der Waals surface area contributed by atoms with E-state index in [9.17, 15) is 9.59 Å². The fourth-order valence-electron chi connectivity index (χ4n) is 7.19. The molecule has 174 valence electrons. The largest absolute Gasteiger partial charge is 0.348 e. The summed E-state index contributed by atoms with van der Waals surface area (Å²) in [4.78, 5) is 28.0. The van der Waals surface area contributed by atoms with Crippen LogP contribution in [0.4, 0.5) is 0 Å². The number of amides is 2. The van der Waals surface area contributed by atoms with Crippen LogP contribution >= 0.6 is 0 Å². The second-order valence-corrected chi connectivity index (χ2v) is 11.4. The molecular formula is C27H37NO4.